The summed E-state index contributed by atoms with van der Waals surface area (Å²) in [7, 11) is 0. The first kappa shape index (κ1) is 11.6. The second-order valence-electron chi connectivity index (χ2n) is 4.75. The van der Waals surface area contributed by atoms with Crippen molar-refractivity contribution >= 4 is 31.8 Å². The van der Waals surface area contributed by atoms with Crippen molar-refractivity contribution in [1.29, 1.82) is 0 Å². The molecule has 0 saturated carbocycles. The zero-order chi connectivity index (χ0) is 13.5. The highest BCUT2D eigenvalue weighted by atomic mass is 32.1. The number of aromatic nitrogens is 2. The van der Waals surface area contributed by atoms with Crippen LogP contribution < -0.4 is 0 Å². The largest absolute Gasteiger partial charge is 0.325 e. The van der Waals surface area contributed by atoms with Crippen LogP contribution in [0.5, 0.6) is 0 Å². The van der Waals surface area contributed by atoms with Crippen LogP contribution in [0.2, 0.25) is 0 Å². The minimum absolute atomic E-state index is 0.203. The second kappa shape index (κ2) is 4.42. The Labute approximate surface area is 119 Å². The fraction of sp³-hybridized carbons (Fsp3) is 0.0625. The van der Waals surface area contributed by atoms with Gasteiger partial charge in [0.25, 0.3) is 0 Å². The fourth-order valence-electron chi connectivity index (χ4n) is 2.47. The summed E-state index contributed by atoms with van der Waals surface area (Å²) in [5, 5.41) is 1.23. The molecular weight excluding hydrogens is 271 g/mol. The first-order valence-corrected chi connectivity index (χ1v) is 7.20. The molecule has 4 rings (SSSR count). The van der Waals surface area contributed by atoms with E-state index in [0.29, 0.717) is 6.54 Å². The molecule has 98 valence electrons. The van der Waals surface area contributed by atoms with Crippen LogP contribution in [0.25, 0.3) is 20.4 Å². The van der Waals surface area contributed by atoms with Crippen molar-refractivity contribution in [2.45, 2.75) is 6.54 Å². The van der Waals surface area contributed by atoms with Gasteiger partial charge in [0.2, 0.25) is 0 Å². The first-order valence-electron chi connectivity index (χ1n) is 6.38. The van der Waals surface area contributed by atoms with E-state index in [0.717, 1.165) is 15.9 Å². The molecule has 2 aromatic carbocycles. The molecule has 2 heterocycles. The third-order valence-corrected chi connectivity index (χ3v) is 4.49. The molecule has 20 heavy (non-hydrogen) atoms. The lowest BCUT2D eigenvalue weighted by molar-refractivity contribution is 0.626. The lowest BCUT2D eigenvalue weighted by Gasteiger charge is -2.04. The maximum Gasteiger partial charge on any atom is 0.142 e. The van der Waals surface area contributed by atoms with Gasteiger partial charge in [-0.3, -0.25) is 0 Å². The molecule has 0 aliphatic heterocycles. The number of imidazole rings is 1. The lowest BCUT2D eigenvalue weighted by atomic mass is 10.2. The van der Waals surface area contributed by atoms with Gasteiger partial charge in [-0.2, -0.15) is 0 Å². The van der Waals surface area contributed by atoms with E-state index >= 15 is 0 Å². The molecule has 0 amide bonds. The van der Waals surface area contributed by atoms with Crippen LogP contribution in [0.4, 0.5) is 4.39 Å². The predicted octanol–water partition coefficient (Wildman–Crippen LogP) is 4.44. The number of benzene rings is 2. The van der Waals surface area contributed by atoms with Crippen LogP contribution in [0.15, 0.2) is 54.9 Å². The number of nitrogens with zero attached hydrogens (tertiary/aromatic N) is 2. The van der Waals surface area contributed by atoms with Crippen molar-refractivity contribution < 1.29 is 4.39 Å². The second-order valence-corrected chi connectivity index (χ2v) is 5.78. The van der Waals surface area contributed by atoms with Gasteiger partial charge in [-0.25, -0.2) is 9.37 Å². The quantitative estimate of drug-likeness (QED) is 0.531. The van der Waals surface area contributed by atoms with Gasteiger partial charge in [-0.1, -0.05) is 30.3 Å². The third-order valence-electron chi connectivity index (χ3n) is 3.42. The molecule has 4 heteroatoms. The molecule has 0 aliphatic carbocycles. The van der Waals surface area contributed by atoms with E-state index in [4.69, 9.17) is 0 Å². The van der Waals surface area contributed by atoms with E-state index in [1.54, 1.807) is 11.3 Å². The number of fused-ring (bicyclic) bond motifs is 3. The molecule has 2 aromatic heterocycles. The molecule has 0 radical (unpaired) electrons. The van der Waals surface area contributed by atoms with Gasteiger partial charge in [-0.05, 0) is 23.8 Å². The van der Waals surface area contributed by atoms with Crippen LogP contribution in [-0.4, -0.2) is 9.55 Å². The van der Waals surface area contributed by atoms with E-state index in [1.807, 2.05) is 30.6 Å². The maximum atomic E-state index is 13.0. The van der Waals surface area contributed by atoms with Crippen molar-refractivity contribution in [1.82, 2.24) is 9.55 Å². The molecule has 0 atom stereocenters. The minimum Gasteiger partial charge on any atom is -0.325 e. The van der Waals surface area contributed by atoms with Crippen LogP contribution in [0.1, 0.15) is 5.56 Å². The molecule has 0 bridgehead atoms. The standard InChI is InChI=1S/C16H11FN2S/c17-12-7-5-11(6-8-12)9-19-10-18-16-15(19)13-3-1-2-4-14(13)20-16/h1-8,10H,9H2. The molecule has 2 nitrogen and oxygen atoms in total. The molecule has 0 fully saturated rings. The van der Waals surface area contributed by atoms with Gasteiger partial charge in [0, 0.05) is 16.6 Å². The smallest absolute Gasteiger partial charge is 0.142 e. The minimum atomic E-state index is -0.203. The number of thiophene rings is 1. The van der Waals surface area contributed by atoms with E-state index in [2.05, 4.69) is 21.7 Å². The lowest BCUT2D eigenvalue weighted by Crippen LogP contribution is -1.97. The zero-order valence-electron chi connectivity index (χ0n) is 10.6. The van der Waals surface area contributed by atoms with Crippen LogP contribution in [0.3, 0.4) is 0 Å². The first-order chi connectivity index (χ1) is 9.81. The average Bonchev–Trinajstić information content (AvgIpc) is 3.01. The Morgan fingerprint density at radius 2 is 1.85 bits per heavy atom. The summed E-state index contributed by atoms with van der Waals surface area (Å²) in [6.07, 6.45) is 1.86. The Bertz CT molecular complexity index is 890. The van der Waals surface area contributed by atoms with Gasteiger partial charge >= 0.3 is 0 Å². The van der Waals surface area contributed by atoms with Gasteiger partial charge in [-0.15, -0.1) is 11.3 Å². The summed E-state index contributed by atoms with van der Waals surface area (Å²) >= 11 is 1.70. The van der Waals surface area contributed by atoms with Crippen LogP contribution >= 0.6 is 11.3 Å². The van der Waals surface area contributed by atoms with Gasteiger partial charge in [0.05, 0.1) is 11.8 Å². The van der Waals surface area contributed by atoms with Crippen molar-refractivity contribution in [2.24, 2.45) is 0 Å². The fourth-order valence-corrected chi connectivity index (χ4v) is 3.52. The molecule has 4 aromatic rings. The average molecular weight is 282 g/mol. The van der Waals surface area contributed by atoms with Gasteiger partial charge < -0.3 is 4.57 Å². The highest BCUT2D eigenvalue weighted by molar-refractivity contribution is 7.25. The van der Waals surface area contributed by atoms with Gasteiger partial charge in [0.1, 0.15) is 10.6 Å². The van der Waals surface area contributed by atoms with E-state index in [1.165, 1.54) is 22.2 Å². The van der Waals surface area contributed by atoms with Gasteiger partial charge in [0.15, 0.2) is 0 Å². The molecule has 0 spiro atoms. The molecule has 0 unspecified atom stereocenters. The summed E-state index contributed by atoms with van der Waals surface area (Å²) < 4.78 is 16.3. The summed E-state index contributed by atoms with van der Waals surface area (Å²) in [6.45, 7) is 0.706. The van der Waals surface area contributed by atoms with Crippen molar-refractivity contribution in [3.8, 4) is 0 Å². The topological polar surface area (TPSA) is 17.8 Å². The SMILES string of the molecule is Fc1ccc(Cn2cnc3sc4ccccc4c32)cc1. The van der Waals surface area contributed by atoms with E-state index < -0.39 is 0 Å². The Kier molecular flexibility index (Phi) is 2.57. The van der Waals surface area contributed by atoms with E-state index in [9.17, 15) is 4.39 Å². The summed E-state index contributed by atoms with van der Waals surface area (Å²) in [4.78, 5) is 5.53. The zero-order valence-corrected chi connectivity index (χ0v) is 11.4. The number of hydrogen-bond acceptors (Lipinski definition) is 2. The third kappa shape index (κ3) is 1.80. The highest BCUT2D eigenvalue weighted by Crippen LogP contribution is 2.32. The molecular formula is C16H11FN2S. The maximum absolute atomic E-state index is 13.0. The normalized spacial score (nSPS) is 11.4. The highest BCUT2D eigenvalue weighted by Gasteiger charge is 2.10. The van der Waals surface area contributed by atoms with Crippen LogP contribution in [-0.2, 0) is 6.54 Å². The molecule has 0 aliphatic rings. The molecule has 0 N–H and O–H groups in total. The van der Waals surface area contributed by atoms with Crippen molar-refractivity contribution in [2.75, 3.05) is 0 Å². The Morgan fingerprint density at radius 3 is 2.70 bits per heavy atom. The Hall–Kier alpha value is -2.20. The van der Waals surface area contributed by atoms with Crippen molar-refractivity contribution in [3.63, 3.8) is 0 Å². The van der Waals surface area contributed by atoms with Crippen LogP contribution in [0, 0.1) is 5.82 Å². The molecule has 0 saturated heterocycles. The number of hydrogen-bond donors (Lipinski definition) is 0. The summed E-state index contributed by atoms with van der Waals surface area (Å²) in [6, 6.07) is 14.9. The monoisotopic (exact) mass is 282 g/mol. The Balaban J connectivity index is 1.85. The summed E-state index contributed by atoms with van der Waals surface area (Å²) in [5.41, 5.74) is 2.23. The van der Waals surface area contributed by atoms with Crippen molar-refractivity contribution in [3.05, 3.63) is 66.2 Å². The number of halogens is 1. The Morgan fingerprint density at radius 1 is 1.05 bits per heavy atom. The predicted molar refractivity (Wildman–Crippen MR) is 80.6 cm³/mol. The number of rotatable bonds is 2. The van der Waals surface area contributed by atoms with E-state index in [-0.39, 0.29) is 5.82 Å². The summed E-state index contributed by atoms with van der Waals surface area (Å²) in [5.74, 6) is -0.203.